The molecule has 9 heteroatoms. The summed E-state index contributed by atoms with van der Waals surface area (Å²) in [6.07, 6.45) is -1.48. The van der Waals surface area contributed by atoms with Gasteiger partial charge in [0, 0.05) is 23.5 Å². The highest BCUT2D eigenvalue weighted by Crippen LogP contribution is 2.45. The van der Waals surface area contributed by atoms with Gasteiger partial charge in [0.05, 0.1) is 6.61 Å². The van der Waals surface area contributed by atoms with Crippen molar-refractivity contribution in [2.45, 2.75) is 36.6 Å². The molecule has 4 atom stereocenters. The molecule has 9 nitrogen and oxygen atoms in total. The van der Waals surface area contributed by atoms with Gasteiger partial charge in [0.25, 0.3) is 0 Å². The lowest BCUT2D eigenvalue weighted by atomic mass is 9.85. The molecule has 0 spiro atoms. The van der Waals surface area contributed by atoms with Gasteiger partial charge in [0.2, 0.25) is 11.4 Å². The molecular weight excluding hydrogens is 346 g/mol. The summed E-state index contributed by atoms with van der Waals surface area (Å²) >= 11 is 0. The van der Waals surface area contributed by atoms with Crippen molar-refractivity contribution in [3.8, 4) is 0 Å². The topological polar surface area (TPSA) is 138 Å². The van der Waals surface area contributed by atoms with Crippen LogP contribution in [0, 0.1) is 0 Å². The van der Waals surface area contributed by atoms with E-state index in [0.717, 1.165) is 0 Å². The number of aromatic nitrogens is 1. The molecule has 0 saturated carbocycles. The van der Waals surface area contributed by atoms with E-state index in [4.69, 9.17) is 14.6 Å². The van der Waals surface area contributed by atoms with Crippen LogP contribution in [0.3, 0.4) is 0 Å². The highest BCUT2D eigenvalue weighted by Gasteiger charge is 2.73. The Morgan fingerprint density at radius 1 is 1.31 bits per heavy atom. The van der Waals surface area contributed by atoms with Gasteiger partial charge >= 0.3 is 11.9 Å². The molecule has 0 unspecified atom stereocenters. The number of benzene rings is 1. The molecule has 4 N–H and O–H groups in total. The number of para-hydroxylation sites is 1. The van der Waals surface area contributed by atoms with Crippen LogP contribution in [0.5, 0.6) is 0 Å². The number of carbonyl (C=O) groups is 2. The van der Waals surface area contributed by atoms with Gasteiger partial charge in [-0.1, -0.05) is 18.2 Å². The summed E-state index contributed by atoms with van der Waals surface area (Å²) in [6, 6.07) is 6.91. The maximum absolute atomic E-state index is 12.3. The maximum Gasteiger partial charge on any atom is 0.344 e. The quantitative estimate of drug-likeness (QED) is 0.508. The Balaban J connectivity index is 1.77. The zero-order chi connectivity index (χ0) is 18.7. The molecule has 3 heterocycles. The first-order valence-electron chi connectivity index (χ1n) is 8.02. The summed E-state index contributed by atoms with van der Waals surface area (Å²) in [5.41, 5.74) is -1.37. The first-order valence-corrected chi connectivity index (χ1v) is 8.02. The van der Waals surface area contributed by atoms with Gasteiger partial charge in [-0.2, -0.15) is 0 Å². The van der Waals surface area contributed by atoms with Gasteiger partial charge in [-0.3, -0.25) is 4.79 Å². The molecule has 4 rings (SSSR count). The number of nitrogens with zero attached hydrogens (tertiary/aromatic N) is 1. The Morgan fingerprint density at radius 3 is 2.77 bits per heavy atom. The standard InChI is InChI=1S/C17H17NO8/c19-12-8-25-17(24)14(12)26-15(22)16(17,23)5-9-6-18(7-13(20)21)11-4-2-1-3-10(9)11/h1-4,6,12,14,19,23-24H,5,7-8H2,(H,20,21)/t12-,14-,16+,17-/m0/s1. The van der Waals surface area contributed by atoms with Crippen molar-refractivity contribution in [1.82, 2.24) is 4.57 Å². The highest BCUT2D eigenvalue weighted by atomic mass is 16.7. The minimum atomic E-state index is -2.42. The molecule has 2 aliphatic heterocycles. The van der Waals surface area contributed by atoms with Gasteiger partial charge in [0.15, 0.2) is 6.10 Å². The summed E-state index contributed by atoms with van der Waals surface area (Å²) in [5, 5.41) is 41.1. The number of ether oxygens (including phenoxy) is 2. The van der Waals surface area contributed by atoms with Crippen molar-refractivity contribution >= 4 is 22.8 Å². The third kappa shape index (κ3) is 2.18. The lowest BCUT2D eigenvalue weighted by Gasteiger charge is -2.31. The molecule has 26 heavy (non-hydrogen) atoms. The normalized spacial score (nSPS) is 33.4. The minimum Gasteiger partial charge on any atom is -0.480 e. The van der Waals surface area contributed by atoms with E-state index >= 15 is 0 Å². The number of rotatable bonds is 4. The monoisotopic (exact) mass is 363 g/mol. The Kier molecular flexibility index (Phi) is 3.60. The van der Waals surface area contributed by atoms with Gasteiger partial charge in [0.1, 0.15) is 12.6 Å². The molecule has 1 aromatic carbocycles. The second kappa shape index (κ2) is 5.52. The fraction of sp³-hybridized carbons (Fsp3) is 0.412. The summed E-state index contributed by atoms with van der Waals surface area (Å²) in [5.74, 6) is -4.52. The zero-order valence-corrected chi connectivity index (χ0v) is 13.5. The van der Waals surface area contributed by atoms with Crippen molar-refractivity contribution in [3.63, 3.8) is 0 Å². The van der Waals surface area contributed by atoms with Gasteiger partial charge < -0.3 is 34.5 Å². The first kappa shape index (κ1) is 17.0. The molecule has 0 bridgehead atoms. The number of esters is 1. The molecule has 2 fully saturated rings. The molecular formula is C17H17NO8. The molecule has 1 aromatic heterocycles. The van der Waals surface area contributed by atoms with Crippen LogP contribution in [0.1, 0.15) is 5.56 Å². The van der Waals surface area contributed by atoms with Crippen molar-refractivity contribution in [3.05, 3.63) is 36.0 Å². The van der Waals surface area contributed by atoms with Crippen molar-refractivity contribution in [2.24, 2.45) is 0 Å². The van der Waals surface area contributed by atoms with Crippen LogP contribution >= 0.6 is 0 Å². The number of carbonyl (C=O) groups excluding carboxylic acids is 1. The number of carboxylic acids is 1. The molecule has 138 valence electrons. The number of aliphatic hydroxyl groups is 3. The largest absolute Gasteiger partial charge is 0.480 e. The van der Waals surface area contributed by atoms with E-state index in [1.165, 1.54) is 10.8 Å². The van der Waals surface area contributed by atoms with Crippen molar-refractivity contribution < 1.29 is 39.5 Å². The Bertz CT molecular complexity index is 907. The van der Waals surface area contributed by atoms with Crippen LogP contribution in [0.25, 0.3) is 10.9 Å². The highest BCUT2D eigenvalue weighted by molar-refractivity contribution is 5.88. The van der Waals surface area contributed by atoms with Crippen molar-refractivity contribution in [1.29, 1.82) is 0 Å². The summed E-state index contributed by atoms with van der Waals surface area (Å²) in [4.78, 5) is 23.3. The van der Waals surface area contributed by atoms with Crippen LogP contribution in [0.4, 0.5) is 0 Å². The number of fused-ring (bicyclic) bond motifs is 2. The number of aliphatic hydroxyl groups excluding tert-OH is 1. The molecule has 0 aliphatic carbocycles. The Labute approximate surface area is 147 Å². The Morgan fingerprint density at radius 2 is 2.04 bits per heavy atom. The molecule has 2 aromatic rings. The Hall–Kier alpha value is -2.46. The van der Waals surface area contributed by atoms with Gasteiger partial charge in [-0.15, -0.1) is 0 Å². The average Bonchev–Trinajstić information content (AvgIpc) is 3.14. The van der Waals surface area contributed by atoms with Gasteiger partial charge in [-0.25, -0.2) is 4.79 Å². The van der Waals surface area contributed by atoms with E-state index in [0.29, 0.717) is 16.5 Å². The van der Waals surface area contributed by atoms with E-state index < -0.39 is 35.5 Å². The predicted molar refractivity (Wildman–Crippen MR) is 85.0 cm³/mol. The molecule has 0 amide bonds. The fourth-order valence-electron chi connectivity index (χ4n) is 3.73. The fourth-order valence-corrected chi connectivity index (χ4v) is 3.73. The van der Waals surface area contributed by atoms with E-state index in [9.17, 15) is 24.9 Å². The number of carboxylic acid groups (broad SMARTS) is 1. The molecule has 0 radical (unpaired) electrons. The van der Waals surface area contributed by atoms with E-state index in [-0.39, 0.29) is 19.6 Å². The predicted octanol–water partition coefficient (Wildman–Crippen LogP) is -0.995. The van der Waals surface area contributed by atoms with Crippen LogP contribution in [0.2, 0.25) is 0 Å². The second-order valence-electron chi connectivity index (χ2n) is 6.63. The summed E-state index contributed by atoms with van der Waals surface area (Å²) in [6.45, 7) is -0.580. The zero-order valence-electron chi connectivity index (χ0n) is 13.5. The number of aliphatic carboxylic acids is 1. The SMILES string of the molecule is O=C(O)Cn1cc(C[C@@]2(O)C(=O)O[C@H]3[C@@H](O)CO[C@@]32O)c2ccccc21. The van der Waals surface area contributed by atoms with E-state index in [1.54, 1.807) is 24.3 Å². The lowest BCUT2D eigenvalue weighted by Crippen LogP contribution is -2.59. The van der Waals surface area contributed by atoms with E-state index in [2.05, 4.69) is 0 Å². The van der Waals surface area contributed by atoms with Crippen LogP contribution in [0.15, 0.2) is 30.5 Å². The van der Waals surface area contributed by atoms with Crippen LogP contribution in [-0.2, 0) is 32.0 Å². The molecule has 2 saturated heterocycles. The average molecular weight is 363 g/mol. The summed E-state index contributed by atoms with van der Waals surface area (Å²) in [7, 11) is 0. The third-order valence-corrected chi connectivity index (χ3v) is 5.00. The van der Waals surface area contributed by atoms with Crippen LogP contribution in [-0.4, -0.2) is 67.1 Å². The third-order valence-electron chi connectivity index (χ3n) is 5.00. The number of hydrogen-bond acceptors (Lipinski definition) is 7. The first-order chi connectivity index (χ1) is 12.3. The number of hydrogen-bond donors (Lipinski definition) is 4. The molecule has 2 aliphatic rings. The minimum absolute atomic E-state index is 0.280. The maximum atomic E-state index is 12.3. The van der Waals surface area contributed by atoms with E-state index in [1.807, 2.05) is 0 Å². The second-order valence-corrected chi connectivity index (χ2v) is 6.63. The smallest absolute Gasteiger partial charge is 0.344 e. The van der Waals surface area contributed by atoms with Crippen LogP contribution < -0.4 is 0 Å². The van der Waals surface area contributed by atoms with Crippen molar-refractivity contribution in [2.75, 3.05) is 6.61 Å². The van der Waals surface area contributed by atoms with Gasteiger partial charge in [-0.05, 0) is 11.6 Å². The lowest BCUT2D eigenvalue weighted by molar-refractivity contribution is -0.262. The summed E-state index contributed by atoms with van der Waals surface area (Å²) < 4.78 is 11.6.